The molecule has 0 fully saturated rings. The summed E-state index contributed by atoms with van der Waals surface area (Å²) in [5.74, 6) is -4.12. The van der Waals surface area contributed by atoms with Gasteiger partial charge in [0.15, 0.2) is 17.5 Å². The maximum atomic E-state index is 13.3. The average molecular weight is 304 g/mol. The molecule has 0 aliphatic rings. The van der Waals surface area contributed by atoms with Crippen molar-refractivity contribution in [2.75, 3.05) is 6.54 Å². The summed E-state index contributed by atoms with van der Waals surface area (Å²) < 4.78 is 39.0. The van der Waals surface area contributed by atoms with Crippen LogP contribution < -0.4 is 5.73 Å². The second-order valence-electron chi connectivity index (χ2n) is 2.74. The van der Waals surface area contributed by atoms with Crippen LogP contribution >= 0.6 is 27.5 Å². The van der Waals surface area contributed by atoms with Gasteiger partial charge in [0.25, 0.3) is 0 Å². The van der Waals surface area contributed by atoms with E-state index in [0.717, 1.165) is 0 Å². The molecule has 1 rings (SSSR count). The van der Waals surface area contributed by atoms with Crippen LogP contribution in [0.25, 0.3) is 0 Å². The van der Waals surface area contributed by atoms with Gasteiger partial charge in [-0.05, 0) is 15.9 Å². The van der Waals surface area contributed by atoms with E-state index in [-0.39, 0.29) is 6.54 Å². The Labute approximate surface area is 97.0 Å². The number of hydrogen-bond donors (Lipinski definition) is 2. The Morgan fingerprint density at radius 1 is 1.27 bits per heavy atom. The van der Waals surface area contributed by atoms with Crippen LogP contribution in [0.1, 0.15) is 11.7 Å². The highest BCUT2D eigenvalue weighted by molar-refractivity contribution is 9.10. The maximum Gasteiger partial charge on any atom is 0.180 e. The molecule has 0 spiro atoms. The minimum atomic E-state index is -1.54. The topological polar surface area (TPSA) is 46.2 Å². The van der Waals surface area contributed by atoms with Crippen molar-refractivity contribution in [3.8, 4) is 0 Å². The summed E-state index contributed by atoms with van der Waals surface area (Å²) in [6.07, 6.45) is -1.50. The van der Waals surface area contributed by atoms with Gasteiger partial charge in [0.05, 0.1) is 10.6 Å². The SMILES string of the molecule is NCC(O)c1c(F)c(F)c(Cl)c(F)c1Br. The molecule has 0 saturated heterocycles. The Morgan fingerprint density at radius 2 is 1.80 bits per heavy atom. The molecule has 7 heteroatoms. The first kappa shape index (κ1) is 12.8. The zero-order valence-corrected chi connectivity index (χ0v) is 9.54. The highest BCUT2D eigenvalue weighted by Crippen LogP contribution is 2.35. The summed E-state index contributed by atoms with van der Waals surface area (Å²) in [4.78, 5) is 0. The lowest BCUT2D eigenvalue weighted by Gasteiger charge is -2.13. The monoisotopic (exact) mass is 303 g/mol. The third-order valence-corrected chi connectivity index (χ3v) is 2.91. The first-order chi connectivity index (χ1) is 6.91. The molecule has 1 unspecified atom stereocenters. The van der Waals surface area contributed by atoms with Gasteiger partial charge in [0.1, 0.15) is 5.02 Å². The van der Waals surface area contributed by atoms with Crippen molar-refractivity contribution in [2.24, 2.45) is 5.73 Å². The van der Waals surface area contributed by atoms with Crippen molar-refractivity contribution in [3.63, 3.8) is 0 Å². The van der Waals surface area contributed by atoms with Gasteiger partial charge in [-0.2, -0.15) is 0 Å². The van der Waals surface area contributed by atoms with E-state index < -0.39 is 38.6 Å². The summed E-state index contributed by atoms with van der Waals surface area (Å²) in [6.45, 7) is -0.365. The summed E-state index contributed by atoms with van der Waals surface area (Å²) in [5, 5.41) is 8.29. The van der Waals surface area contributed by atoms with Crippen LogP contribution in [0.15, 0.2) is 4.47 Å². The van der Waals surface area contributed by atoms with Crippen LogP contribution in [0, 0.1) is 17.5 Å². The molecule has 1 aromatic rings. The maximum absolute atomic E-state index is 13.3. The molecule has 0 heterocycles. The Bertz CT molecular complexity index is 373. The van der Waals surface area contributed by atoms with Gasteiger partial charge in [-0.25, -0.2) is 13.2 Å². The van der Waals surface area contributed by atoms with Crippen molar-refractivity contribution < 1.29 is 18.3 Å². The number of halogens is 5. The van der Waals surface area contributed by atoms with Crippen LogP contribution in [-0.2, 0) is 0 Å². The molecule has 15 heavy (non-hydrogen) atoms. The fraction of sp³-hybridized carbons (Fsp3) is 0.250. The second kappa shape index (κ2) is 4.69. The van der Waals surface area contributed by atoms with E-state index in [1.165, 1.54) is 0 Å². The lowest BCUT2D eigenvalue weighted by atomic mass is 10.1. The average Bonchev–Trinajstić information content (AvgIpc) is 2.23. The minimum Gasteiger partial charge on any atom is -0.387 e. The molecule has 0 aliphatic carbocycles. The molecule has 0 radical (unpaired) electrons. The third-order valence-electron chi connectivity index (χ3n) is 1.80. The zero-order valence-electron chi connectivity index (χ0n) is 7.20. The molecule has 0 amide bonds. The molecule has 84 valence electrons. The smallest absolute Gasteiger partial charge is 0.180 e. The number of aliphatic hydroxyl groups is 1. The van der Waals surface area contributed by atoms with Crippen LogP contribution in [-0.4, -0.2) is 11.7 Å². The third kappa shape index (κ3) is 2.13. The molecular formula is C8H6BrClF3NO. The molecule has 0 aliphatic heterocycles. The van der Waals surface area contributed by atoms with E-state index in [2.05, 4.69) is 15.9 Å². The fourth-order valence-corrected chi connectivity index (χ4v) is 1.96. The molecule has 1 aromatic carbocycles. The van der Waals surface area contributed by atoms with Gasteiger partial charge >= 0.3 is 0 Å². The normalized spacial score (nSPS) is 13.0. The van der Waals surface area contributed by atoms with Crippen molar-refractivity contribution >= 4 is 27.5 Å². The van der Waals surface area contributed by atoms with Crippen molar-refractivity contribution in [3.05, 3.63) is 32.5 Å². The molecule has 3 N–H and O–H groups in total. The number of nitrogens with two attached hydrogens (primary N) is 1. The predicted octanol–water partition coefficient (Wildman–Crippen LogP) is 2.51. The Hall–Kier alpha value is -0.300. The van der Waals surface area contributed by atoms with Gasteiger partial charge in [0, 0.05) is 12.1 Å². The minimum absolute atomic E-state index is 0.365. The first-order valence-corrected chi connectivity index (χ1v) is 4.98. The standard InChI is InChI=1S/C8H6BrClF3NO/c9-4-3(2(15)1-14)6(11)8(13)5(10)7(4)12/h2,15H,1,14H2. The first-order valence-electron chi connectivity index (χ1n) is 3.81. The highest BCUT2D eigenvalue weighted by Gasteiger charge is 2.26. The quantitative estimate of drug-likeness (QED) is 0.651. The van der Waals surface area contributed by atoms with Crippen LogP contribution in [0.4, 0.5) is 13.2 Å². The number of hydrogen-bond acceptors (Lipinski definition) is 2. The number of rotatable bonds is 2. The largest absolute Gasteiger partial charge is 0.387 e. The second-order valence-corrected chi connectivity index (χ2v) is 3.91. The van der Waals surface area contributed by atoms with Crippen molar-refractivity contribution in [2.45, 2.75) is 6.10 Å². The molecule has 1 atom stereocenters. The van der Waals surface area contributed by atoms with E-state index in [0.29, 0.717) is 0 Å². The van der Waals surface area contributed by atoms with E-state index >= 15 is 0 Å². The highest BCUT2D eigenvalue weighted by atomic mass is 79.9. The number of aliphatic hydroxyl groups excluding tert-OH is 1. The van der Waals surface area contributed by atoms with E-state index in [1.807, 2.05) is 0 Å². The van der Waals surface area contributed by atoms with E-state index in [9.17, 15) is 18.3 Å². The van der Waals surface area contributed by atoms with Gasteiger partial charge in [-0.3, -0.25) is 0 Å². The van der Waals surface area contributed by atoms with Gasteiger partial charge in [-0.15, -0.1) is 0 Å². The van der Waals surface area contributed by atoms with Gasteiger partial charge in [-0.1, -0.05) is 11.6 Å². The van der Waals surface area contributed by atoms with Crippen molar-refractivity contribution in [1.29, 1.82) is 0 Å². The van der Waals surface area contributed by atoms with Crippen LogP contribution in [0.3, 0.4) is 0 Å². The Morgan fingerprint density at radius 3 is 2.27 bits per heavy atom. The number of benzene rings is 1. The van der Waals surface area contributed by atoms with Crippen LogP contribution in [0.5, 0.6) is 0 Å². The van der Waals surface area contributed by atoms with Gasteiger partial charge in [0.2, 0.25) is 0 Å². The molecular weight excluding hydrogens is 298 g/mol. The van der Waals surface area contributed by atoms with Crippen molar-refractivity contribution in [1.82, 2.24) is 0 Å². The zero-order chi connectivity index (χ0) is 11.7. The lowest BCUT2D eigenvalue weighted by molar-refractivity contribution is 0.179. The summed E-state index contributed by atoms with van der Waals surface area (Å²) in [6, 6.07) is 0. The summed E-state index contributed by atoms with van der Waals surface area (Å²) >= 11 is 7.85. The summed E-state index contributed by atoms with van der Waals surface area (Å²) in [5.41, 5.74) is 4.49. The van der Waals surface area contributed by atoms with Gasteiger partial charge < -0.3 is 10.8 Å². The fourth-order valence-electron chi connectivity index (χ4n) is 1.03. The lowest BCUT2D eigenvalue weighted by Crippen LogP contribution is -2.15. The Kier molecular flexibility index (Phi) is 3.99. The molecule has 2 nitrogen and oxygen atoms in total. The van der Waals surface area contributed by atoms with E-state index in [1.54, 1.807) is 0 Å². The Balaban J connectivity index is 3.52. The summed E-state index contributed by atoms with van der Waals surface area (Å²) in [7, 11) is 0. The molecule has 0 aromatic heterocycles. The van der Waals surface area contributed by atoms with Crippen LogP contribution in [0.2, 0.25) is 5.02 Å². The molecule has 0 saturated carbocycles. The van der Waals surface area contributed by atoms with E-state index in [4.69, 9.17) is 17.3 Å². The predicted molar refractivity (Wildman–Crippen MR) is 53.0 cm³/mol. The molecule has 0 bridgehead atoms.